The summed E-state index contributed by atoms with van der Waals surface area (Å²) >= 11 is 6.12. The summed E-state index contributed by atoms with van der Waals surface area (Å²) in [6, 6.07) is 6.64. The van der Waals surface area contributed by atoms with Crippen LogP contribution in [0, 0.1) is 0 Å². The molecular weight excluding hydrogens is 342 g/mol. The van der Waals surface area contributed by atoms with E-state index in [0.29, 0.717) is 30.1 Å². The summed E-state index contributed by atoms with van der Waals surface area (Å²) in [7, 11) is 0. The molecule has 2 heterocycles. The van der Waals surface area contributed by atoms with Crippen molar-refractivity contribution in [1.82, 2.24) is 25.2 Å². The number of rotatable bonds is 6. The van der Waals surface area contributed by atoms with Gasteiger partial charge in [-0.1, -0.05) is 35.0 Å². The first kappa shape index (κ1) is 17.4. The first-order chi connectivity index (χ1) is 12.0. The van der Waals surface area contributed by atoms with Crippen LogP contribution >= 0.6 is 11.6 Å². The highest BCUT2D eigenvalue weighted by molar-refractivity contribution is 6.31. The highest BCUT2D eigenvalue weighted by Crippen LogP contribution is 2.17. The average Bonchev–Trinajstić information content (AvgIpc) is 3.14. The molecule has 1 aromatic carbocycles. The molecule has 1 aliphatic heterocycles. The summed E-state index contributed by atoms with van der Waals surface area (Å²) < 4.78 is 1.73. The van der Waals surface area contributed by atoms with Gasteiger partial charge in [0.15, 0.2) is 0 Å². The summed E-state index contributed by atoms with van der Waals surface area (Å²) in [4.78, 5) is 25.9. The maximum absolute atomic E-state index is 12.5. The van der Waals surface area contributed by atoms with Crippen LogP contribution < -0.4 is 5.32 Å². The minimum atomic E-state index is -0.601. The SMILES string of the molecule is CC(C)n1cc(C[C@@H]2NC(=O)N(CCc3ccccc3Cl)C2=O)nn1. The number of hydrogen-bond donors (Lipinski definition) is 1. The molecule has 1 aromatic heterocycles. The number of nitrogens with one attached hydrogen (secondary N) is 1. The summed E-state index contributed by atoms with van der Waals surface area (Å²) in [6.07, 6.45) is 2.66. The molecule has 25 heavy (non-hydrogen) atoms. The van der Waals surface area contributed by atoms with E-state index in [0.717, 1.165) is 5.56 Å². The monoisotopic (exact) mass is 361 g/mol. The number of aromatic nitrogens is 3. The van der Waals surface area contributed by atoms with E-state index in [1.807, 2.05) is 32.0 Å². The van der Waals surface area contributed by atoms with Gasteiger partial charge >= 0.3 is 6.03 Å². The molecule has 0 saturated carbocycles. The summed E-state index contributed by atoms with van der Waals surface area (Å²) in [5, 5.41) is 11.4. The Morgan fingerprint density at radius 1 is 1.28 bits per heavy atom. The second-order valence-corrected chi connectivity index (χ2v) is 6.73. The Bertz CT molecular complexity index is 789. The number of amides is 3. The molecule has 3 amide bonds. The molecule has 7 nitrogen and oxygen atoms in total. The average molecular weight is 362 g/mol. The van der Waals surface area contributed by atoms with Crippen LogP contribution in [0.2, 0.25) is 5.02 Å². The third-order valence-electron chi connectivity index (χ3n) is 4.17. The van der Waals surface area contributed by atoms with Crippen molar-refractivity contribution in [2.45, 2.75) is 38.8 Å². The first-order valence-electron chi connectivity index (χ1n) is 8.21. The lowest BCUT2D eigenvalue weighted by atomic mass is 10.1. The van der Waals surface area contributed by atoms with E-state index in [1.54, 1.807) is 16.9 Å². The van der Waals surface area contributed by atoms with Crippen LogP contribution in [0.25, 0.3) is 0 Å². The molecule has 8 heteroatoms. The maximum atomic E-state index is 12.5. The number of urea groups is 1. The van der Waals surface area contributed by atoms with Crippen molar-refractivity contribution < 1.29 is 9.59 Å². The van der Waals surface area contributed by atoms with Crippen molar-refractivity contribution in [3.63, 3.8) is 0 Å². The molecule has 132 valence electrons. The minimum absolute atomic E-state index is 0.197. The topological polar surface area (TPSA) is 80.1 Å². The summed E-state index contributed by atoms with van der Waals surface area (Å²) in [6.45, 7) is 4.29. The Labute approximate surface area is 150 Å². The number of carbonyl (C=O) groups is 2. The number of hydrogen-bond acceptors (Lipinski definition) is 4. The highest BCUT2D eigenvalue weighted by Gasteiger charge is 2.38. The van der Waals surface area contributed by atoms with Gasteiger partial charge in [-0.05, 0) is 31.9 Å². The van der Waals surface area contributed by atoms with Crippen molar-refractivity contribution in [1.29, 1.82) is 0 Å². The molecule has 0 aliphatic carbocycles. The Hall–Kier alpha value is -2.41. The lowest BCUT2D eigenvalue weighted by Crippen LogP contribution is -2.34. The van der Waals surface area contributed by atoms with Crippen molar-refractivity contribution in [2.75, 3.05) is 6.54 Å². The van der Waals surface area contributed by atoms with E-state index >= 15 is 0 Å². The zero-order valence-corrected chi connectivity index (χ0v) is 14.9. The van der Waals surface area contributed by atoms with Gasteiger partial charge in [0.05, 0.1) is 5.69 Å². The Balaban J connectivity index is 1.62. The standard InChI is InChI=1S/C17H20ClN5O2/c1-11(2)23-10-13(20-21-23)9-15-16(24)22(17(25)19-15)8-7-12-5-3-4-6-14(12)18/h3-6,10-11,15H,7-9H2,1-2H3,(H,19,25)/t15-/m0/s1. The third kappa shape index (κ3) is 3.82. The number of imide groups is 1. The number of carbonyl (C=O) groups excluding carboxylic acids is 2. The lowest BCUT2D eigenvalue weighted by Gasteiger charge is -2.13. The molecule has 1 aliphatic rings. The van der Waals surface area contributed by atoms with Gasteiger partial charge in [-0.3, -0.25) is 9.69 Å². The van der Waals surface area contributed by atoms with Crippen molar-refractivity contribution in [3.8, 4) is 0 Å². The zero-order valence-electron chi connectivity index (χ0n) is 14.1. The molecular formula is C17H20ClN5O2. The fourth-order valence-corrected chi connectivity index (χ4v) is 2.96. The van der Waals surface area contributed by atoms with E-state index in [-0.39, 0.29) is 18.0 Å². The molecule has 0 spiro atoms. The molecule has 1 saturated heterocycles. The lowest BCUT2D eigenvalue weighted by molar-refractivity contribution is -0.127. The van der Waals surface area contributed by atoms with Gasteiger partial charge in [0.2, 0.25) is 0 Å². The predicted molar refractivity (Wildman–Crippen MR) is 93.3 cm³/mol. The number of halogens is 1. The van der Waals surface area contributed by atoms with Crippen molar-refractivity contribution in [2.24, 2.45) is 0 Å². The Kier molecular flexibility index (Phi) is 5.03. The van der Waals surface area contributed by atoms with Crippen molar-refractivity contribution in [3.05, 3.63) is 46.7 Å². The predicted octanol–water partition coefficient (Wildman–Crippen LogP) is 2.22. The zero-order chi connectivity index (χ0) is 18.0. The van der Waals surface area contributed by atoms with Crippen LogP contribution in [-0.4, -0.2) is 44.4 Å². The van der Waals surface area contributed by atoms with E-state index in [4.69, 9.17) is 11.6 Å². The second kappa shape index (κ2) is 7.23. The Morgan fingerprint density at radius 3 is 2.72 bits per heavy atom. The van der Waals surface area contributed by atoms with Gasteiger partial charge < -0.3 is 5.32 Å². The fraction of sp³-hybridized carbons (Fsp3) is 0.412. The van der Waals surface area contributed by atoms with Crippen LogP contribution in [0.1, 0.15) is 31.1 Å². The molecule has 2 aromatic rings. The molecule has 1 fully saturated rings. The quantitative estimate of drug-likeness (QED) is 0.800. The van der Waals surface area contributed by atoms with Gasteiger partial charge in [0.1, 0.15) is 6.04 Å². The van der Waals surface area contributed by atoms with Crippen molar-refractivity contribution >= 4 is 23.5 Å². The molecule has 0 bridgehead atoms. The van der Waals surface area contributed by atoms with Crippen LogP contribution in [0.5, 0.6) is 0 Å². The summed E-state index contributed by atoms with van der Waals surface area (Å²) in [5.74, 6) is -0.240. The molecule has 0 radical (unpaired) electrons. The van der Waals surface area contributed by atoms with Crippen LogP contribution in [0.15, 0.2) is 30.5 Å². The summed E-state index contributed by atoms with van der Waals surface area (Å²) in [5.41, 5.74) is 1.59. The molecule has 1 atom stereocenters. The van der Waals surface area contributed by atoms with E-state index in [1.165, 1.54) is 4.90 Å². The minimum Gasteiger partial charge on any atom is -0.325 e. The Morgan fingerprint density at radius 2 is 2.04 bits per heavy atom. The van der Waals surface area contributed by atoms with Crippen LogP contribution in [0.4, 0.5) is 4.79 Å². The van der Waals surface area contributed by atoms with E-state index < -0.39 is 6.04 Å². The molecule has 1 N–H and O–H groups in total. The third-order valence-corrected chi connectivity index (χ3v) is 4.54. The largest absolute Gasteiger partial charge is 0.325 e. The second-order valence-electron chi connectivity index (χ2n) is 6.32. The van der Waals surface area contributed by atoms with Crippen LogP contribution in [0.3, 0.4) is 0 Å². The highest BCUT2D eigenvalue weighted by atomic mass is 35.5. The normalized spacial score (nSPS) is 17.4. The van der Waals surface area contributed by atoms with Gasteiger partial charge in [-0.2, -0.15) is 0 Å². The van der Waals surface area contributed by atoms with E-state index in [9.17, 15) is 9.59 Å². The van der Waals surface area contributed by atoms with Gasteiger partial charge in [-0.25, -0.2) is 9.48 Å². The first-order valence-corrected chi connectivity index (χ1v) is 8.59. The van der Waals surface area contributed by atoms with Gasteiger partial charge in [-0.15, -0.1) is 5.10 Å². The molecule has 0 unspecified atom stereocenters. The number of nitrogens with zero attached hydrogens (tertiary/aromatic N) is 4. The van der Waals surface area contributed by atoms with Crippen LogP contribution in [-0.2, 0) is 17.6 Å². The van der Waals surface area contributed by atoms with Gasteiger partial charge in [0, 0.05) is 30.2 Å². The van der Waals surface area contributed by atoms with Gasteiger partial charge in [0.25, 0.3) is 5.91 Å². The fourth-order valence-electron chi connectivity index (χ4n) is 2.73. The smallest absolute Gasteiger partial charge is 0.324 e. The van der Waals surface area contributed by atoms with E-state index in [2.05, 4.69) is 15.6 Å². The maximum Gasteiger partial charge on any atom is 0.324 e. The molecule has 3 rings (SSSR count). The number of benzene rings is 1.